The maximum absolute atomic E-state index is 12.8. The lowest BCUT2D eigenvalue weighted by molar-refractivity contribution is -0.137. The number of hydrogen-bond donors (Lipinski definition) is 1. The summed E-state index contributed by atoms with van der Waals surface area (Å²) in [5.41, 5.74) is 0.820. The van der Waals surface area contributed by atoms with E-state index in [0.717, 1.165) is 33.1 Å². The molecule has 2 aromatic heterocycles. The molecular weight excluding hydrogens is 460 g/mol. The number of amides is 1. The molecule has 1 unspecified atom stereocenters. The molecular formula is C23H26N4O4S2. The van der Waals surface area contributed by atoms with Gasteiger partial charge in [0.1, 0.15) is 22.7 Å². The molecule has 1 aromatic carbocycles. The third kappa shape index (κ3) is 5.89. The van der Waals surface area contributed by atoms with Crippen LogP contribution >= 0.6 is 23.1 Å². The van der Waals surface area contributed by atoms with Crippen LogP contribution in [0.3, 0.4) is 0 Å². The standard InChI is InChI=1S/C23H26N4O4S2/c1-14-25-18-6-4-15(30-3)10-17(18)23(26-14)32-13-19(28)21-7-5-16(33-21)11-24-22(29)20-12-27(2)8-9-31-20/h4-7,10,20H,8-9,11-13H2,1-3H3,(H,24,29). The Bertz CT molecular complexity index is 1170. The number of aromatic nitrogens is 2. The summed E-state index contributed by atoms with van der Waals surface area (Å²) >= 11 is 2.79. The minimum absolute atomic E-state index is 0.0205. The number of benzene rings is 1. The van der Waals surface area contributed by atoms with Crippen molar-refractivity contribution < 1.29 is 19.1 Å². The molecule has 0 spiro atoms. The second-order valence-corrected chi connectivity index (χ2v) is 9.91. The van der Waals surface area contributed by atoms with Gasteiger partial charge in [-0.1, -0.05) is 11.8 Å². The Labute approximate surface area is 200 Å². The Hall–Kier alpha value is -2.53. The zero-order valence-electron chi connectivity index (χ0n) is 18.8. The van der Waals surface area contributed by atoms with Crippen LogP contribution in [0.1, 0.15) is 20.4 Å². The zero-order valence-corrected chi connectivity index (χ0v) is 20.4. The third-order valence-electron chi connectivity index (χ3n) is 5.26. The number of hydrogen-bond acceptors (Lipinski definition) is 9. The number of Topliss-reactive ketones (excluding diaryl/α,β-unsaturated/α-hetero) is 1. The van der Waals surface area contributed by atoms with Gasteiger partial charge in [-0.3, -0.25) is 9.59 Å². The second kappa shape index (κ2) is 10.6. The van der Waals surface area contributed by atoms with E-state index in [4.69, 9.17) is 9.47 Å². The van der Waals surface area contributed by atoms with Crippen molar-refractivity contribution in [3.63, 3.8) is 0 Å². The largest absolute Gasteiger partial charge is 0.497 e. The van der Waals surface area contributed by atoms with E-state index in [0.29, 0.717) is 30.4 Å². The molecule has 1 aliphatic rings. The number of nitrogens with zero attached hydrogens (tertiary/aromatic N) is 3. The number of methoxy groups -OCH3 is 1. The van der Waals surface area contributed by atoms with Gasteiger partial charge in [0.25, 0.3) is 5.91 Å². The average Bonchev–Trinajstić information content (AvgIpc) is 3.29. The summed E-state index contributed by atoms with van der Waals surface area (Å²) in [7, 11) is 3.59. The maximum Gasteiger partial charge on any atom is 0.250 e. The normalized spacial score (nSPS) is 16.6. The fourth-order valence-electron chi connectivity index (χ4n) is 3.48. The highest BCUT2D eigenvalue weighted by atomic mass is 32.2. The Morgan fingerprint density at radius 1 is 1.30 bits per heavy atom. The van der Waals surface area contributed by atoms with Crippen LogP contribution in [0, 0.1) is 6.92 Å². The quantitative estimate of drug-likeness (QED) is 0.295. The summed E-state index contributed by atoms with van der Waals surface area (Å²) in [6.07, 6.45) is -0.453. The smallest absolute Gasteiger partial charge is 0.250 e. The fraction of sp³-hybridized carbons (Fsp3) is 0.391. The van der Waals surface area contributed by atoms with Crippen molar-refractivity contribution in [3.8, 4) is 5.75 Å². The number of carbonyl (C=O) groups excluding carboxylic acids is 2. The molecule has 0 aliphatic carbocycles. The zero-order chi connectivity index (χ0) is 23.4. The predicted octanol–water partition coefficient (Wildman–Crippen LogP) is 2.93. The minimum Gasteiger partial charge on any atom is -0.497 e. The van der Waals surface area contributed by atoms with Crippen molar-refractivity contribution in [2.45, 2.75) is 24.6 Å². The Morgan fingerprint density at radius 2 is 2.15 bits per heavy atom. The number of ether oxygens (including phenoxy) is 2. The number of morpholine rings is 1. The van der Waals surface area contributed by atoms with E-state index in [1.165, 1.54) is 23.1 Å². The molecule has 1 atom stereocenters. The second-order valence-electron chi connectivity index (χ2n) is 7.78. The number of ketones is 1. The highest BCUT2D eigenvalue weighted by molar-refractivity contribution is 8.00. The van der Waals surface area contributed by atoms with Gasteiger partial charge in [0, 0.05) is 23.4 Å². The average molecular weight is 487 g/mol. The molecule has 174 valence electrons. The number of carbonyl (C=O) groups is 2. The molecule has 1 N–H and O–H groups in total. The number of aryl methyl sites for hydroxylation is 1. The minimum atomic E-state index is -0.453. The molecule has 4 rings (SSSR count). The van der Waals surface area contributed by atoms with Crippen molar-refractivity contribution in [3.05, 3.63) is 45.9 Å². The lowest BCUT2D eigenvalue weighted by Crippen LogP contribution is -2.48. The number of thiophene rings is 1. The van der Waals surface area contributed by atoms with Crippen LogP contribution in [0.15, 0.2) is 35.4 Å². The van der Waals surface area contributed by atoms with Gasteiger partial charge < -0.3 is 19.7 Å². The fourth-order valence-corrected chi connectivity index (χ4v) is 5.40. The third-order valence-corrected chi connectivity index (χ3v) is 7.37. The maximum atomic E-state index is 12.8. The molecule has 1 amide bonds. The molecule has 1 saturated heterocycles. The number of fused-ring (bicyclic) bond motifs is 1. The number of nitrogens with one attached hydrogen (secondary N) is 1. The molecule has 3 heterocycles. The summed E-state index contributed by atoms with van der Waals surface area (Å²) < 4.78 is 10.9. The molecule has 8 nitrogen and oxygen atoms in total. The van der Waals surface area contributed by atoms with Gasteiger partial charge in [0.05, 0.1) is 36.4 Å². The Morgan fingerprint density at radius 3 is 2.94 bits per heavy atom. The SMILES string of the molecule is COc1ccc2nc(C)nc(SCC(=O)c3ccc(CNC(=O)C4CN(C)CCO4)s3)c2c1. The van der Waals surface area contributed by atoms with Gasteiger partial charge in [0.15, 0.2) is 5.78 Å². The van der Waals surface area contributed by atoms with Crippen LogP contribution in [0.25, 0.3) is 10.9 Å². The monoisotopic (exact) mass is 486 g/mol. The van der Waals surface area contributed by atoms with Gasteiger partial charge in [-0.2, -0.15) is 0 Å². The summed E-state index contributed by atoms with van der Waals surface area (Å²) in [4.78, 5) is 37.8. The van der Waals surface area contributed by atoms with Crippen LogP contribution in [0.2, 0.25) is 0 Å². The first-order valence-electron chi connectivity index (χ1n) is 10.6. The molecule has 3 aromatic rings. The van der Waals surface area contributed by atoms with E-state index < -0.39 is 6.10 Å². The van der Waals surface area contributed by atoms with Crippen molar-refractivity contribution in [2.24, 2.45) is 0 Å². The summed E-state index contributed by atoms with van der Waals surface area (Å²) in [5.74, 6) is 1.53. The summed E-state index contributed by atoms with van der Waals surface area (Å²) in [6, 6.07) is 9.34. The number of rotatable bonds is 8. The topological polar surface area (TPSA) is 93.7 Å². The van der Waals surface area contributed by atoms with Crippen molar-refractivity contribution in [1.29, 1.82) is 0 Å². The lowest BCUT2D eigenvalue weighted by Gasteiger charge is -2.29. The molecule has 1 fully saturated rings. The molecule has 1 aliphatic heterocycles. The first kappa shape index (κ1) is 23.6. The van der Waals surface area contributed by atoms with Crippen LogP contribution in [0.5, 0.6) is 5.75 Å². The van der Waals surface area contributed by atoms with E-state index in [1.807, 2.05) is 44.3 Å². The van der Waals surface area contributed by atoms with Gasteiger partial charge in [-0.25, -0.2) is 9.97 Å². The molecule has 0 bridgehead atoms. The van der Waals surface area contributed by atoms with E-state index in [9.17, 15) is 9.59 Å². The number of thioether (sulfide) groups is 1. The van der Waals surface area contributed by atoms with Crippen molar-refractivity contribution in [2.75, 3.05) is 39.6 Å². The predicted molar refractivity (Wildman–Crippen MR) is 129 cm³/mol. The van der Waals surface area contributed by atoms with E-state index in [-0.39, 0.29) is 17.4 Å². The van der Waals surface area contributed by atoms with Crippen molar-refractivity contribution in [1.82, 2.24) is 20.2 Å². The molecule has 33 heavy (non-hydrogen) atoms. The van der Waals surface area contributed by atoms with E-state index in [2.05, 4.69) is 20.2 Å². The highest BCUT2D eigenvalue weighted by Crippen LogP contribution is 2.29. The van der Waals surface area contributed by atoms with Crippen LogP contribution in [0.4, 0.5) is 0 Å². The lowest BCUT2D eigenvalue weighted by atomic mass is 10.2. The molecule has 0 saturated carbocycles. The van der Waals surface area contributed by atoms with E-state index in [1.54, 1.807) is 7.11 Å². The van der Waals surface area contributed by atoms with Crippen LogP contribution in [-0.4, -0.2) is 72.3 Å². The number of likely N-dealkylation sites (N-methyl/N-ethyl adjacent to an activating group) is 1. The van der Waals surface area contributed by atoms with Crippen molar-refractivity contribution >= 4 is 45.7 Å². The summed E-state index contributed by atoms with van der Waals surface area (Å²) in [5, 5.41) is 4.53. The summed E-state index contributed by atoms with van der Waals surface area (Å²) in [6.45, 7) is 4.18. The molecule has 0 radical (unpaired) electrons. The Kier molecular flexibility index (Phi) is 7.59. The van der Waals surface area contributed by atoms with Crippen LogP contribution < -0.4 is 10.1 Å². The van der Waals surface area contributed by atoms with Gasteiger partial charge in [0.2, 0.25) is 0 Å². The van der Waals surface area contributed by atoms with Gasteiger partial charge in [-0.05, 0) is 44.3 Å². The van der Waals surface area contributed by atoms with Gasteiger partial charge >= 0.3 is 0 Å². The Balaban J connectivity index is 1.36. The first-order chi connectivity index (χ1) is 15.9. The highest BCUT2D eigenvalue weighted by Gasteiger charge is 2.24. The first-order valence-corrected chi connectivity index (χ1v) is 12.4. The van der Waals surface area contributed by atoms with E-state index >= 15 is 0 Å². The van der Waals surface area contributed by atoms with Crippen LogP contribution in [-0.2, 0) is 16.1 Å². The molecule has 10 heteroatoms. The van der Waals surface area contributed by atoms with Gasteiger partial charge in [-0.15, -0.1) is 11.3 Å².